The van der Waals surface area contributed by atoms with E-state index in [4.69, 9.17) is 14.2 Å². The maximum absolute atomic E-state index is 13.3. The summed E-state index contributed by atoms with van der Waals surface area (Å²) < 4.78 is 18.6. The molecule has 0 aromatic heterocycles. The van der Waals surface area contributed by atoms with Gasteiger partial charge in [-0.1, -0.05) is 18.2 Å². The number of ether oxygens (including phenoxy) is 3. The van der Waals surface area contributed by atoms with E-state index in [-0.39, 0.29) is 5.97 Å². The molecule has 1 fully saturated rings. The van der Waals surface area contributed by atoms with Gasteiger partial charge in [-0.25, -0.2) is 4.79 Å². The third-order valence-corrected chi connectivity index (χ3v) is 7.96. The molecule has 0 aliphatic carbocycles. The van der Waals surface area contributed by atoms with Crippen molar-refractivity contribution >= 4 is 23.0 Å². The molecule has 3 heterocycles. The summed E-state index contributed by atoms with van der Waals surface area (Å²) in [6.45, 7) is 6.73. The van der Waals surface area contributed by atoms with Crippen molar-refractivity contribution < 1.29 is 19.0 Å². The number of anilines is 3. The molecule has 6 heteroatoms. The molecule has 196 valence electrons. The Morgan fingerprint density at radius 2 is 1.67 bits per heavy atom. The van der Waals surface area contributed by atoms with E-state index in [1.54, 1.807) is 0 Å². The van der Waals surface area contributed by atoms with Crippen molar-refractivity contribution in [3.05, 3.63) is 107 Å². The predicted molar refractivity (Wildman–Crippen MR) is 152 cm³/mol. The predicted octanol–water partition coefficient (Wildman–Crippen LogP) is 7.31. The normalized spacial score (nSPS) is 18.7. The van der Waals surface area contributed by atoms with E-state index in [9.17, 15) is 4.79 Å². The van der Waals surface area contributed by atoms with E-state index in [0.29, 0.717) is 17.9 Å². The Balaban J connectivity index is 1.37. The van der Waals surface area contributed by atoms with Crippen LogP contribution in [0, 0.1) is 6.92 Å². The lowest BCUT2D eigenvalue weighted by Gasteiger charge is -2.37. The van der Waals surface area contributed by atoms with Crippen molar-refractivity contribution in [3.8, 4) is 17.2 Å². The molecule has 39 heavy (non-hydrogen) atoms. The molecule has 1 atom stereocenters. The number of carbonyl (C=O) groups is 1. The van der Waals surface area contributed by atoms with Crippen LogP contribution in [0.2, 0.25) is 0 Å². The van der Waals surface area contributed by atoms with E-state index in [0.717, 1.165) is 63.9 Å². The lowest BCUT2D eigenvalue weighted by atomic mass is 9.77. The summed E-state index contributed by atoms with van der Waals surface area (Å²) in [5, 5.41) is 3.55. The topological polar surface area (TPSA) is 60.0 Å². The van der Waals surface area contributed by atoms with Crippen LogP contribution in [0.3, 0.4) is 0 Å². The van der Waals surface area contributed by atoms with E-state index in [2.05, 4.69) is 41.4 Å². The zero-order valence-corrected chi connectivity index (χ0v) is 22.1. The van der Waals surface area contributed by atoms with Crippen LogP contribution in [0.1, 0.15) is 52.4 Å². The van der Waals surface area contributed by atoms with Gasteiger partial charge in [0, 0.05) is 52.9 Å². The smallest absolute Gasteiger partial charge is 0.340 e. The molecule has 0 bridgehead atoms. The summed E-state index contributed by atoms with van der Waals surface area (Å²) in [6.07, 6.45) is 2.39. The zero-order chi connectivity index (χ0) is 26.6. The van der Waals surface area contributed by atoms with Gasteiger partial charge in [-0.3, -0.25) is 0 Å². The standard InChI is InChI=1S/C33H30N2O4/c1-3-37-24-13-10-22(11-14-24)34-29-20-28-30(18-21(29)2)38-31-19-23(35-16-6-7-17-35)12-15-27(31)33(28)26-9-5-4-8-25(26)32(36)39-33/h4-5,8-15,18-20,34H,3,6-7,16-17H2,1-2H3. The number of hydrogen-bond donors (Lipinski definition) is 1. The van der Waals surface area contributed by atoms with Crippen LogP contribution in [-0.2, 0) is 10.3 Å². The van der Waals surface area contributed by atoms with Gasteiger partial charge >= 0.3 is 5.97 Å². The lowest BCUT2D eigenvalue weighted by molar-refractivity contribution is 0.0224. The molecule has 0 radical (unpaired) electrons. The Hall–Kier alpha value is -4.45. The van der Waals surface area contributed by atoms with Crippen LogP contribution in [0.25, 0.3) is 0 Å². The minimum absolute atomic E-state index is 0.324. The molecule has 0 amide bonds. The lowest BCUT2D eigenvalue weighted by Crippen LogP contribution is -2.33. The van der Waals surface area contributed by atoms with Crippen LogP contribution >= 0.6 is 0 Å². The highest BCUT2D eigenvalue weighted by atomic mass is 16.6. The average molecular weight is 519 g/mol. The Bertz CT molecular complexity index is 1590. The first kappa shape index (κ1) is 23.7. The summed E-state index contributed by atoms with van der Waals surface area (Å²) in [6, 6.07) is 26.0. The van der Waals surface area contributed by atoms with Gasteiger partial charge in [0.25, 0.3) is 0 Å². The van der Waals surface area contributed by atoms with Crippen LogP contribution in [-0.4, -0.2) is 25.7 Å². The second-order valence-corrected chi connectivity index (χ2v) is 10.3. The number of fused-ring (bicyclic) bond motifs is 6. The van der Waals surface area contributed by atoms with Crippen molar-refractivity contribution in [1.29, 1.82) is 0 Å². The quantitative estimate of drug-likeness (QED) is 0.280. The number of nitrogens with one attached hydrogen (secondary N) is 1. The van der Waals surface area contributed by atoms with Gasteiger partial charge in [-0.05, 0) is 86.8 Å². The van der Waals surface area contributed by atoms with Crippen molar-refractivity contribution in [2.24, 2.45) is 0 Å². The third-order valence-electron chi connectivity index (χ3n) is 7.96. The van der Waals surface area contributed by atoms with Crippen molar-refractivity contribution in [1.82, 2.24) is 0 Å². The van der Waals surface area contributed by atoms with Crippen LogP contribution in [0.5, 0.6) is 17.2 Å². The maximum Gasteiger partial charge on any atom is 0.340 e. The molecule has 4 aromatic rings. The number of benzene rings is 4. The highest BCUT2D eigenvalue weighted by molar-refractivity contribution is 5.97. The first-order valence-electron chi connectivity index (χ1n) is 13.6. The molecule has 1 spiro atoms. The first-order valence-corrected chi connectivity index (χ1v) is 13.6. The average Bonchev–Trinajstić information content (AvgIpc) is 3.59. The van der Waals surface area contributed by atoms with Crippen LogP contribution in [0.4, 0.5) is 17.1 Å². The summed E-state index contributed by atoms with van der Waals surface area (Å²) in [4.78, 5) is 15.6. The minimum Gasteiger partial charge on any atom is -0.494 e. The summed E-state index contributed by atoms with van der Waals surface area (Å²) in [5.74, 6) is 1.93. The number of hydrogen-bond acceptors (Lipinski definition) is 6. The van der Waals surface area contributed by atoms with Gasteiger partial charge in [-0.2, -0.15) is 0 Å². The van der Waals surface area contributed by atoms with Crippen molar-refractivity contribution in [3.63, 3.8) is 0 Å². The van der Waals surface area contributed by atoms with Crippen LogP contribution in [0.15, 0.2) is 78.9 Å². The molecule has 0 saturated carbocycles. The first-order chi connectivity index (χ1) is 19.1. The molecule has 3 aliphatic rings. The Kier molecular flexibility index (Phi) is 5.51. The Labute approximate surface area is 228 Å². The van der Waals surface area contributed by atoms with Gasteiger partial charge in [0.05, 0.1) is 12.2 Å². The fourth-order valence-corrected chi connectivity index (χ4v) is 6.07. The molecule has 3 aliphatic heterocycles. The fraction of sp³-hybridized carbons (Fsp3) is 0.242. The number of esters is 1. The summed E-state index contributed by atoms with van der Waals surface area (Å²) in [5.41, 5.74) is 5.98. The molecule has 1 unspecified atom stereocenters. The number of aryl methyl sites for hydroxylation is 1. The van der Waals surface area contributed by atoms with Crippen LogP contribution < -0.4 is 19.7 Å². The van der Waals surface area contributed by atoms with Gasteiger partial charge in [0.1, 0.15) is 17.2 Å². The van der Waals surface area contributed by atoms with Crippen molar-refractivity contribution in [2.75, 3.05) is 29.9 Å². The molecule has 6 nitrogen and oxygen atoms in total. The van der Waals surface area contributed by atoms with Gasteiger partial charge < -0.3 is 24.4 Å². The molecule has 4 aromatic carbocycles. The molecule has 1 saturated heterocycles. The van der Waals surface area contributed by atoms with E-state index in [1.165, 1.54) is 12.8 Å². The molecule has 1 N–H and O–H groups in total. The SMILES string of the molecule is CCOc1ccc(Nc2cc3c(cc2C)Oc2cc(N4CCCC4)ccc2C32OC(=O)c3ccccc32)cc1. The van der Waals surface area contributed by atoms with Gasteiger partial charge in [0.2, 0.25) is 0 Å². The maximum atomic E-state index is 13.3. The summed E-state index contributed by atoms with van der Waals surface area (Å²) >= 11 is 0. The molecular formula is C33H30N2O4. The fourth-order valence-electron chi connectivity index (χ4n) is 6.07. The summed E-state index contributed by atoms with van der Waals surface area (Å²) in [7, 11) is 0. The highest BCUT2D eigenvalue weighted by Crippen LogP contribution is 2.57. The highest BCUT2D eigenvalue weighted by Gasteiger charge is 2.53. The molecular weight excluding hydrogens is 488 g/mol. The monoisotopic (exact) mass is 518 g/mol. The number of rotatable bonds is 5. The minimum atomic E-state index is -1.09. The Morgan fingerprint density at radius 1 is 0.897 bits per heavy atom. The van der Waals surface area contributed by atoms with Crippen molar-refractivity contribution in [2.45, 2.75) is 32.3 Å². The largest absolute Gasteiger partial charge is 0.494 e. The van der Waals surface area contributed by atoms with E-state index < -0.39 is 5.60 Å². The molecule has 7 rings (SSSR count). The second kappa shape index (κ2) is 9.09. The van der Waals surface area contributed by atoms with Gasteiger partial charge in [-0.15, -0.1) is 0 Å². The van der Waals surface area contributed by atoms with E-state index in [1.807, 2.05) is 61.5 Å². The number of carbonyl (C=O) groups excluding carboxylic acids is 1. The number of nitrogens with zero attached hydrogens (tertiary/aromatic N) is 1. The zero-order valence-electron chi connectivity index (χ0n) is 22.1. The van der Waals surface area contributed by atoms with E-state index >= 15 is 0 Å². The van der Waals surface area contributed by atoms with Gasteiger partial charge in [0.15, 0.2) is 5.60 Å². The second-order valence-electron chi connectivity index (χ2n) is 10.3. The third kappa shape index (κ3) is 3.74. The Morgan fingerprint density at radius 3 is 2.46 bits per heavy atom.